The molecule has 0 aliphatic carbocycles. The number of aromatic nitrogens is 3. The summed E-state index contributed by atoms with van der Waals surface area (Å²) in [4.78, 5) is 2.57. The minimum Gasteiger partial charge on any atom is -0.325 e. The number of fused-ring (bicyclic) bond motifs is 1. The van der Waals surface area contributed by atoms with Gasteiger partial charge in [0.15, 0.2) is 5.65 Å². The van der Waals surface area contributed by atoms with Crippen molar-refractivity contribution in [3.05, 3.63) is 29.7 Å². The summed E-state index contributed by atoms with van der Waals surface area (Å²) in [6.07, 6.45) is 4.86. The number of nitrogens with zero attached hydrogens (tertiary/aromatic N) is 4. The second kappa shape index (κ2) is 5.89. The lowest BCUT2D eigenvalue weighted by Gasteiger charge is -2.34. The lowest BCUT2D eigenvalue weighted by atomic mass is 9.99. The molecule has 0 radical (unpaired) electrons. The Kier molecular flexibility index (Phi) is 3.98. The van der Waals surface area contributed by atoms with Crippen molar-refractivity contribution in [2.45, 2.75) is 45.2 Å². The van der Waals surface area contributed by atoms with Gasteiger partial charge in [-0.15, -0.1) is 10.2 Å². The van der Waals surface area contributed by atoms with Gasteiger partial charge in [0.25, 0.3) is 0 Å². The molecule has 1 saturated heterocycles. The summed E-state index contributed by atoms with van der Waals surface area (Å²) in [6, 6.07) is 6.63. The summed E-state index contributed by atoms with van der Waals surface area (Å²) in [6.45, 7) is 5.09. The van der Waals surface area contributed by atoms with Gasteiger partial charge in [-0.25, -0.2) is 0 Å². The second-order valence-corrected chi connectivity index (χ2v) is 5.51. The van der Waals surface area contributed by atoms with Gasteiger partial charge in [0.05, 0.1) is 0 Å². The summed E-state index contributed by atoms with van der Waals surface area (Å²) < 4.78 is 2.13. The molecular weight excluding hydrogens is 250 g/mol. The fourth-order valence-corrected chi connectivity index (χ4v) is 3.28. The van der Waals surface area contributed by atoms with Crippen molar-refractivity contribution in [1.82, 2.24) is 19.5 Å². The van der Waals surface area contributed by atoms with E-state index in [1.807, 2.05) is 12.1 Å². The molecule has 2 N–H and O–H groups in total. The zero-order valence-corrected chi connectivity index (χ0v) is 12.1. The number of likely N-dealkylation sites (N-methyl/N-ethyl adjacent to an activating group) is 1. The first-order valence-corrected chi connectivity index (χ1v) is 7.59. The molecule has 1 unspecified atom stereocenters. The molecule has 20 heavy (non-hydrogen) atoms. The monoisotopic (exact) mass is 273 g/mol. The zero-order valence-electron chi connectivity index (χ0n) is 12.1. The molecule has 0 saturated carbocycles. The quantitative estimate of drug-likeness (QED) is 0.919. The highest BCUT2D eigenvalue weighted by atomic mass is 15.3. The lowest BCUT2D eigenvalue weighted by Crippen LogP contribution is -2.41. The van der Waals surface area contributed by atoms with Crippen molar-refractivity contribution in [1.29, 1.82) is 0 Å². The van der Waals surface area contributed by atoms with E-state index in [9.17, 15) is 0 Å². The predicted molar refractivity (Wildman–Crippen MR) is 79.5 cm³/mol. The van der Waals surface area contributed by atoms with Crippen LogP contribution in [-0.2, 0) is 13.0 Å². The average molecular weight is 273 g/mol. The maximum Gasteiger partial charge on any atom is 0.161 e. The highest BCUT2D eigenvalue weighted by Crippen LogP contribution is 2.20. The van der Waals surface area contributed by atoms with Crippen LogP contribution in [-0.4, -0.2) is 38.6 Å². The van der Waals surface area contributed by atoms with Crippen LogP contribution in [0.3, 0.4) is 0 Å². The van der Waals surface area contributed by atoms with Gasteiger partial charge in [0.1, 0.15) is 5.82 Å². The highest BCUT2D eigenvalue weighted by molar-refractivity contribution is 5.40. The third kappa shape index (κ3) is 2.43. The number of nitrogens with two attached hydrogens (primary N) is 1. The van der Waals surface area contributed by atoms with Crippen molar-refractivity contribution in [2.24, 2.45) is 5.73 Å². The van der Waals surface area contributed by atoms with Crippen molar-refractivity contribution >= 4 is 5.65 Å². The van der Waals surface area contributed by atoms with Crippen molar-refractivity contribution in [3.63, 3.8) is 0 Å². The van der Waals surface area contributed by atoms with Crippen LogP contribution in [0.15, 0.2) is 18.2 Å². The Morgan fingerprint density at radius 3 is 3.00 bits per heavy atom. The molecule has 0 spiro atoms. The number of piperidine rings is 1. The van der Waals surface area contributed by atoms with Gasteiger partial charge in [0, 0.05) is 24.7 Å². The van der Waals surface area contributed by atoms with E-state index in [1.54, 1.807) is 0 Å². The first-order valence-electron chi connectivity index (χ1n) is 7.59. The second-order valence-electron chi connectivity index (χ2n) is 5.51. The summed E-state index contributed by atoms with van der Waals surface area (Å²) >= 11 is 0. The maximum absolute atomic E-state index is 5.84. The largest absolute Gasteiger partial charge is 0.325 e. The Balaban J connectivity index is 1.90. The van der Waals surface area contributed by atoms with Crippen LogP contribution in [0, 0.1) is 0 Å². The topological polar surface area (TPSA) is 59.5 Å². The Labute approximate surface area is 119 Å². The Morgan fingerprint density at radius 2 is 2.20 bits per heavy atom. The van der Waals surface area contributed by atoms with Crippen molar-refractivity contribution in [2.75, 3.05) is 13.1 Å². The minimum absolute atomic E-state index is 0.518. The molecule has 5 nitrogen and oxygen atoms in total. The summed E-state index contributed by atoms with van der Waals surface area (Å²) in [5.74, 6) is 1.05. The van der Waals surface area contributed by atoms with Crippen LogP contribution >= 0.6 is 0 Å². The first-order chi connectivity index (χ1) is 9.83. The van der Waals surface area contributed by atoms with Crippen molar-refractivity contribution in [3.8, 4) is 0 Å². The Bertz CT molecular complexity index is 577. The van der Waals surface area contributed by atoms with Crippen LogP contribution in [0.2, 0.25) is 0 Å². The smallest absolute Gasteiger partial charge is 0.161 e. The Hall–Kier alpha value is -1.46. The Morgan fingerprint density at radius 1 is 1.30 bits per heavy atom. The van der Waals surface area contributed by atoms with E-state index in [0.29, 0.717) is 12.6 Å². The van der Waals surface area contributed by atoms with Crippen LogP contribution in [0.4, 0.5) is 0 Å². The molecule has 108 valence electrons. The molecule has 2 aromatic rings. The minimum atomic E-state index is 0.518. The van der Waals surface area contributed by atoms with E-state index in [1.165, 1.54) is 25.8 Å². The highest BCUT2D eigenvalue weighted by Gasteiger charge is 2.23. The average Bonchev–Trinajstić information content (AvgIpc) is 2.91. The number of hydrogen-bond donors (Lipinski definition) is 1. The molecule has 0 amide bonds. The third-order valence-corrected chi connectivity index (χ3v) is 4.36. The van der Waals surface area contributed by atoms with E-state index in [4.69, 9.17) is 5.73 Å². The van der Waals surface area contributed by atoms with Gasteiger partial charge in [-0.2, -0.15) is 0 Å². The molecule has 1 aliphatic rings. The number of hydrogen-bond acceptors (Lipinski definition) is 4. The van der Waals surface area contributed by atoms with Gasteiger partial charge in [-0.05, 0) is 38.1 Å². The first kappa shape index (κ1) is 13.5. The van der Waals surface area contributed by atoms with Crippen LogP contribution in [0.5, 0.6) is 0 Å². The summed E-state index contributed by atoms with van der Waals surface area (Å²) in [5, 5.41) is 8.68. The van der Waals surface area contributed by atoms with Crippen molar-refractivity contribution < 1.29 is 0 Å². The molecule has 1 atom stereocenters. The van der Waals surface area contributed by atoms with Crippen LogP contribution < -0.4 is 5.73 Å². The SMILES string of the molecule is CCN1CCCCC1Cc1nnc2cccc(CN)n12. The molecule has 0 bridgehead atoms. The molecule has 5 heteroatoms. The predicted octanol–water partition coefficient (Wildman–Crippen LogP) is 1.60. The zero-order chi connectivity index (χ0) is 13.9. The summed E-state index contributed by atoms with van der Waals surface area (Å²) in [5.41, 5.74) is 7.83. The van der Waals surface area contributed by atoms with E-state index in [0.717, 1.165) is 30.1 Å². The summed E-state index contributed by atoms with van der Waals surface area (Å²) in [7, 11) is 0. The van der Waals surface area contributed by atoms with Gasteiger partial charge in [0.2, 0.25) is 0 Å². The molecule has 3 heterocycles. The van der Waals surface area contributed by atoms with E-state index in [-0.39, 0.29) is 0 Å². The molecule has 0 aromatic carbocycles. The van der Waals surface area contributed by atoms with Gasteiger partial charge in [-0.3, -0.25) is 4.40 Å². The fraction of sp³-hybridized carbons (Fsp3) is 0.600. The molecule has 3 rings (SSSR count). The van der Waals surface area contributed by atoms with Crippen LogP contribution in [0.25, 0.3) is 5.65 Å². The standard InChI is InChI=1S/C15H23N5/c1-2-19-9-4-3-6-12(19)10-15-18-17-14-8-5-7-13(11-16)20(14)15/h5,7-8,12H,2-4,6,9-11,16H2,1H3. The van der Waals surface area contributed by atoms with Gasteiger partial charge < -0.3 is 10.6 Å². The number of pyridine rings is 1. The fourth-order valence-electron chi connectivity index (χ4n) is 3.28. The number of rotatable bonds is 4. The normalized spacial score (nSPS) is 20.6. The van der Waals surface area contributed by atoms with E-state index < -0.39 is 0 Å². The van der Waals surface area contributed by atoms with E-state index >= 15 is 0 Å². The molecule has 1 aliphatic heterocycles. The van der Waals surface area contributed by atoms with Gasteiger partial charge in [-0.1, -0.05) is 19.4 Å². The number of likely N-dealkylation sites (tertiary alicyclic amines) is 1. The molecular formula is C15H23N5. The molecule has 2 aromatic heterocycles. The van der Waals surface area contributed by atoms with Gasteiger partial charge >= 0.3 is 0 Å². The van der Waals surface area contributed by atoms with E-state index in [2.05, 4.69) is 32.5 Å². The molecule has 1 fully saturated rings. The lowest BCUT2D eigenvalue weighted by molar-refractivity contribution is 0.153. The van der Waals surface area contributed by atoms with Crippen LogP contribution in [0.1, 0.15) is 37.7 Å². The maximum atomic E-state index is 5.84. The third-order valence-electron chi connectivity index (χ3n) is 4.36.